The molecule has 1 aliphatic heterocycles. The molecule has 6 nitrogen and oxygen atoms in total. The van der Waals surface area contributed by atoms with Crippen LogP contribution < -0.4 is 21.5 Å². The number of rotatable bonds is 1. The second-order valence-corrected chi connectivity index (χ2v) is 7.52. The van der Waals surface area contributed by atoms with Crippen molar-refractivity contribution in [3.8, 4) is 5.75 Å². The third-order valence-electron chi connectivity index (χ3n) is 5.49. The molecular weight excluding hydrogens is 371 g/mol. The minimum Gasteiger partial charge on any atom is -0.487 e. The van der Waals surface area contributed by atoms with Gasteiger partial charge in [-0.2, -0.15) is 0 Å². The Labute approximate surface area is 168 Å². The Kier molecular flexibility index (Phi) is 5.07. The van der Waals surface area contributed by atoms with Crippen LogP contribution in [0.4, 0.5) is 14.9 Å². The molecule has 1 saturated carbocycles. The second-order valence-electron chi connectivity index (χ2n) is 7.52. The van der Waals surface area contributed by atoms with Crippen molar-refractivity contribution >= 4 is 22.5 Å². The highest BCUT2D eigenvalue weighted by Crippen LogP contribution is 2.48. The molecule has 1 fully saturated rings. The number of hydrogen-bond acceptors (Lipinski definition) is 4. The van der Waals surface area contributed by atoms with Crippen LogP contribution in [0, 0.1) is 5.82 Å². The van der Waals surface area contributed by atoms with E-state index in [1.54, 1.807) is 24.5 Å². The molecule has 1 spiro atoms. The smallest absolute Gasteiger partial charge is 0.316 e. The van der Waals surface area contributed by atoms with E-state index in [2.05, 4.69) is 10.3 Å². The largest absolute Gasteiger partial charge is 0.487 e. The Bertz CT molecular complexity index is 1050. The summed E-state index contributed by atoms with van der Waals surface area (Å²) in [6.45, 7) is 0. The van der Waals surface area contributed by atoms with E-state index in [0.29, 0.717) is 5.69 Å². The van der Waals surface area contributed by atoms with Crippen LogP contribution in [0.25, 0.3) is 10.8 Å². The number of hydrogen-bond donors (Lipinski definition) is 3. The van der Waals surface area contributed by atoms with Gasteiger partial charge >= 0.3 is 6.03 Å². The number of aromatic nitrogens is 1. The molecule has 1 aromatic heterocycles. The molecule has 0 bridgehead atoms. The number of fused-ring (bicyclic) bond motifs is 2. The fraction of sp³-hybridized carbons (Fsp3) is 0.273. The van der Waals surface area contributed by atoms with E-state index in [0.717, 1.165) is 41.3 Å². The van der Waals surface area contributed by atoms with Crippen molar-refractivity contribution < 1.29 is 13.9 Å². The molecule has 2 amide bonds. The summed E-state index contributed by atoms with van der Waals surface area (Å²) in [5, 5.41) is 4.46. The van der Waals surface area contributed by atoms with Crippen LogP contribution >= 0.6 is 0 Å². The molecular formula is C22H23FN4O2. The maximum absolute atomic E-state index is 13.0. The van der Waals surface area contributed by atoms with Crippen LogP contribution in [0.1, 0.15) is 37.3 Å². The second kappa shape index (κ2) is 7.67. The summed E-state index contributed by atoms with van der Waals surface area (Å²) in [6.07, 6.45) is 7.61. The first-order valence-electron chi connectivity index (χ1n) is 9.59. The Morgan fingerprint density at radius 2 is 2.07 bits per heavy atom. The van der Waals surface area contributed by atoms with Crippen LogP contribution in [0.3, 0.4) is 0 Å². The van der Waals surface area contributed by atoms with Gasteiger partial charge in [0.1, 0.15) is 17.2 Å². The molecule has 7 heteroatoms. The van der Waals surface area contributed by atoms with Gasteiger partial charge in [0, 0.05) is 41.2 Å². The molecule has 150 valence electrons. The van der Waals surface area contributed by atoms with E-state index >= 15 is 0 Å². The van der Waals surface area contributed by atoms with E-state index < -0.39 is 6.03 Å². The number of urea groups is 1. The van der Waals surface area contributed by atoms with Crippen LogP contribution in [0.15, 0.2) is 54.9 Å². The van der Waals surface area contributed by atoms with Crippen molar-refractivity contribution in [2.24, 2.45) is 11.5 Å². The minimum atomic E-state index is -0.561. The highest BCUT2D eigenvalue weighted by molar-refractivity contribution is 6.00. The zero-order chi connectivity index (χ0) is 20.4. The number of carbonyl (C=O) groups is 1. The number of nitrogens with two attached hydrogens (primary N) is 2. The molecule has 5 N–H and O–H groups in total. The van der Waals surface area contributed by atoms with Crippen LogP contribution in [-0.2, 0) is 0 Å². The quantitative estimate of drug-likeness (QED) is 0.574. The fourth-order valence-corrected chi connectivity index (χ4v) is 3.93. The van der Waals surface area contributed by atoms with E-state index in [1.807, 2.05) is 18.2 Å². The van der Waals surface area contributed by atoms with Gasteiger partial charge < -0.3 is 21.5 Å². The molecule has 0 saturated heterocycles. The van der Waals surface area contributed by atoms with Gasteiger partial charge in [-0.25, -0.2) is 9.18 Å². The average molecular weight is 394 g/mol. The molecule has 3 aromatic rings. The van der Waals surface area contributed by atoms with Crippen molar-refractivity contribution in [2.45, 2.75) is 37.3 Å². The Morgan fingerprint density at radius 1 is 1.24 bits per heavy atom. The highest BCUT2D eigenvalue weighted by atomic mass is 19.1. The molecule has 2 aliphatic rings. The number of halogens is 1. The minimum absolute atomic E-state index is 0.0375. The number of amides is 2. The maximum Gasteiger partial charge on any atom is 0.316 e. The Hall–Kier alpha value is -3.19. The van der Waals surface area contributed by atoms with E-state index in [9.17, 15) is 9.18 Å². The number of anilines is 1. The van der Waals surface area contributed by atoms with Gasteiger partial charge in [-0.05, 0) is 49.6 Å². The van der Waals surface area contributed by atoms with Crippen molar-refractivity contribution in [3.05, 3.63) is 66.2 Å². The molecule has 5 rings (SSSR count). The lowest BCUT2D eigenvalue weighted by Gasteiger charge is -2.47. The summed E-state index contributed by atoms with van der Waals surface area (Å²) in [5.74, 6) is 0.534. The molecule has 1 unspecified atom stereocenters. The lowest BCUT2D eigenvalue weighted by molar-refractivity contribution is -0.0330. The van der Waals surface area contributed by atoms with Crippen molar-refractivity contribution in [2.75, 3.05) is 5.32 Å². The van der Waals surface area contributed by atoms with Gasteiger partial charge in [-0.15, -0.1) is 0 Å². The average Bonchev–Trinajstić information content (AvgIpc) is 2.68. The number of carbonyl (C=O) groups excluding carboxylic acids is 1. The molecule has 2 heterocycles. The number of primary amides is 1. The summed E-state index contributed by atoms with van der Waals surface area (Å²) in [7, 11) is 0. The first-order valence-corrected chi connectivity index (χ1v) is 9.59. The normalized spacial score (nSPS) is 18.6. The van der Waals surface area contributed by atoms with Crippen molar-refractivity contribution in [1.82, 2.24) is 4.98 Å². The Morgan fingerprint density at radius 3 is 2.79 bits per heavy atom. The SMILES string of the molecule is NC(=O)Nc1cccc2cnccc12.NC1CC2(CCC2)Oc2ccc(F)cc21. The first-order chi connectivity index (χ1) is 14.0. The molecule has 1 aliphatic carbocycles. The number of nitrogens with zero attached hydrogens (tertiary/aromatic N) is 1. The molecule has 0 radical (unpaired) electrons. The van der Waals surface area contributed by atoms with E-state index in [1.165, 1.54) is 18.6 Å². The summed E-state index contributed by atoms with van der Waals surface area (Å²) < 4.78 is 19.0. The number of nitrogens with one attached hydrogen (secondary N) is 1. The van der Waals surface area contributed by atoms with Gasteiger partial charge in [0.25, 0.3) is 0 Å². The molecule has 1 atom stereocenters. The van der Waals surface area contributed by atoms with Gasteiger partial charge in [0.15, 0.2) is 0 Å². The number of benzene rings is 2. The van der Waals surface area contributed by atoms with E-state index in [4.69, 9.17) is 16.2 Å². The first kappa shape index (κ1) is 19.1. The van der Waals surface area contributed by atoms with Crippen LogP contribution in [-0.4, -0.2) is 16.6 Å². The van der Waals surface area contributed by atoms with Crippen molar-refractivity contribution in [3.63, 3.8) is 0 Å². The Balaban J connectivity index is 0.000000142. The van der Waals surface area contributed by atoms with Crippen LogP contribution in [0.2, 0.25) is 0 Å². The molecule has 29 heavy (non-hydrogen) atoms. The monoisotopic (exact) mass is 394 g/mol. The zero-order valence-corrected chi connectivity index (χ0v) is 15.9. The third kappa shape index (κ3) is 4.00. The van der Waals surface area contributed by atoms with E-state index in [-0.39, 0.29) is 17.5 Å². The number of ether oxygens (including phenoxy) is 1. The summed E-state index contributed by atoms with van der Waals surface area (Å²) in [6, 6.07) is 11.4. The fourth-order valence-electron chi connectivity index (χ4n) is 3.93. The van der Waals surface area contributed by atoms with Gasteiger partial charge in [-0.3, -0.25) is 4.98 Å². The topological polar surface area (TPSA) is 103 Å². The summed E-state index contributed by atoms with van der Waals surface area (Å²) in [5.41, 5.74) is 12.6. The maximum atomic E-state index is 13.0. The van der Waals surface area contributed by atoms with Gasteiger partial charge in [-0.1, -0.05) is 12.1 Å². The van der Waals surface area contributed by atoms with Crippen LogP contribution in [0.5, 0.6) is 5.75 Å². The lowest BCUT2D eigenvalue weighted by Crippen LogP contribution is -2.48. The van der Waals surface area contributed by atoms with Crippen molar-refractivity contribution in [1.29, 1.82) is 0 Å². The summed E-state index contributed by atoms with van der Waals surface area (Å²) in [4.78, 5) is 14.7. The standard InChI is InChI=1S/C12H14FNO.C10H9N3O/c13-8-2-3-11-9(6-8)10(14)7-12(15-11)4-1-5-12;11-10(14)13-9-3-1-2-7-6-12-5-4-8(7)9/h2-3,6,10H,1,4-5,7,14H2;1-6H,(H3,11,13,14). The van der Waals surface area contributed by atoms with Gasteiger partial charge in [0.2, 0.25) is 0 Å². The predicted molar refractivity (Wildman–Crippen MR) is 110 cm³/mol. The lowest BCUT2D eigenvalue weighted by atomic mass is 9.73. The number of pyridine rings is 1. The molecule has 2 aromatic carbocycles. The highest BCUT2D eigenvalue weighted by Gasteiger charge is 2.44. The summed E-state index contributed by atoms with van der Waals surface area (Å²) >= 11 is 0. The predicted octanol–water partition coefficient (Wildman–Crippen LogP) is 4.26. The zero-order valence-electron chi connectivity index (χ0n) is 15.9. The van der Waals surface area contributed by atoms with Gasteiger partial charge in [0.05, 0.1) is 5.69 Å². The third-order valence-corrected chi connectivity index (χ3v) is 5.49.